The summed E-state index contributed by atoms with van der Waals surface area (Å²) in [6.07, 6.45) is 3.92. The number of carbonyl (C=O) groups is 6. The van der Waals surface area contributed by atoms with Gasteiger partial charge in [-0.3, -0.25) is 9.59 Å². The third kappa shape index (κ3) is 19.1. The number of nitrogens with zero attached hydrogens (tertiary/aromatic N) is 6. The molecule has 0 atom stereocenters. The van der Waals surface area contributed by atoms with Crippen molar-refractivity contribution in [2.75, 3.05) is 41.3 Å². The van der Waals surface area contributed by atoms with Crippen LogP contribution < -0.4 is 31.9 Å². The summed E-state index contributed by atoms with van der Waals surface area (Å²) in [6, 6.07) is 16.2. The molecular formula is C76H92N12O10Pt. The van der Waals surface area contributed by atoms with Gasteiger partial charge in [0.2, 0.25) is 11.8 Å². The van der Waals surface area contributed by atoms with Gasteiger partial charge in [-0.05, 0) is 298 Å². The SMILES string of the molecule is CCc1c(C)c2cc3[nH]c(cc4nc(cc5nc(cc1[nH]2)C(C)=C5CCC(=O)[O-])C(CCC(=O)[O-])=C4C)c(C)c3CC.CCc1c(C)c2cc3[nH]c(cc4nc(cc5nc(cc1[nH]2)C(C)=C5CCC(=O)[O-])C(CCC(=O)[O-])=C4C)c(C)c3CC.CN(C)CC(N)=O.CN(C)CC(N)=O.[Pt+4]. The van der Waals surface area contributed by atoms with E-state index in [1.165, 1.54) is 33.4 Å². The van der Waals surface area contributed by atoms with Gasteiger partial charge < -0.3 is 80.8 Å². The minimum absolute atomic E-state index is 0. The van der Waals surface area contributed by atoms with E-state index in [0.717, 1.165) is 148 Å². The molecule has 10 heterocycles. The van der Waals surface area contributed by atoms with Crippen LogP contribution in [-0.2, 0) is 75.5 Å². The van der Waals surface area contributed by atoms with E-state index in [0.29, 0.717) is 35.9 Å². The van der Waals surface area contributed by atoms with E-state index in [1.807, 2.05) is 64.1 Å². The topological polar surface area (TPSA) is 368 Å². The zero-order chi connectivity index (χ0) is 72.3. The Bertz CT molecular complexity index is 4360. The van der Waals surface area contributed by atoms with Gasteiger partial charge in [-0.15, -0.1) is 0 Å². The number of aryl methyl sites for hydroxylation is 8. The second-order valence-electron chi connectivity index (χ2n) is 25.6. The second-order valence-corrected chi connectivity index (χ2v) is 25.6. The monoisotopic (exact) mass is 1530 g/mol. The molecule has 0 aromatic carbocycles. The fourth-order valence-corrected chi connectivity index (χ4v) is 13.0. The van der Waals surface area contributed by atoms with Crippen molar-refractivity contribution in [2.24, 2.45) is 11.5 Å². The zero-order valence-corrected chi connectivity index (χ0v) is 62.0. The number of aliphatic carboxylic acids is 4. The van der Waals surface area contributed by atoms with Gasteiger partial charge in [0.15, 0.2) is 0 Å². The molecule has 4 aliphatic rings. The van der Waals surface area contributed by atoms with E-state index in [-0.39, 0.29) is 84.2 Å². The van der Waals surface area contributed by atoms with Crippen LogP contribution in [0.1, 0.15) is 197 Å². The molecule has 0 fully saturated rings. The molecule has 16 bridgehead atoms. The smallest absolute Gasteiger partial charge is 0.550 e. The standard InChI is InChI=1S/2C34H38N4O4.2C4H10N2O.Pt/c2*1-7-21-17(3)25-13-26-19(5)23(9-11-33(39)40)31(37-26)16-32-24(10-12-34(41)42)20(6)28(38-32)15-30-22(8-2)18(4)27(36-30)14-29(21)35-25;2*1-6(2)3-4(5)7;/h2*13-16,35-36H,7-12H2,1-6H3,(H,39,40)(H,41,42);2*3H2,1-2H3,(H2,5,7);/q;;;;+4/p-4. The predicted octanol–water partition coefficient (Wildman–Crippen LogP) is 8.02. The number of hydrogen-bond acceptors (Lipinski definition) is 16. The van der Waals surface area contributed by atoms with Gasteiger partial charge in [0.1, 0.15) is 0 Å². The Balaban J connectivity index is 0.000000259. The second kappa shape index (κ2) is 34.4. The van der Waals surface area contributed by atoms with Gasteiger partial charge in [0.25, 0.3) is 0 Å². The molecule has 0 saturated heterocycles. The summed E-state index contributed by atoms with van der Waals surface area (Å²) in [4.78, 5) is 103. The predicted molar refractivity (Wildman–Crippen MR) is 381 cm³/mol. The summed E-state index contributed by atoms with van der Waals surface area (Å²) in [6.45, 7) is 25.5. The first-order chi connectivity index (χ1) is 46.3. The fraction of sp³-hybridized carbons (Fsp3) is 0.395. The third-order valence-corrected chi connectivity index (χ3v) is 18.3. The minimum atomic E-state index is -1.13. The van der Waals surface area contributed by atoms with Crippen molar-refractivity contribution in [1.29, 1.82) is 0 Å². The Morgan fingerprint density at radius 2 is 0.545 bits per heavy atom. The average Bonchev–Trinajstić information content (AvgIpc) is 1.63. The molecule has 0 spiro atoms. The molecular weight excluding hydrogens is 1440 g/mol. The van der Waals surface area contributed by atoms with Crippen LogP contribution in [0.4, 0.5) is 0 Å². The van der Waals surface area contributed by atoms with Crippen LogP contribution >= 0.6 is 0 Å². The van der Waals surface area contributed by atoms with E-state index < -0.39 is 23.9 Å². The number of nitrogens with one attached hydrogen (secondary N) is 4. The quantitative estimate of drug-likeness (QED) is 0.0421. The number of aromatic nitrogens is 8. The first-order valence-electron chi connectivity index (χ1n) is 33.2. The minimum Gasteiger partial charge on any atom is -0.550 e. The molecule has 8 N–H and O–H groups in total. The van der Waals surface area contributed by atoms with Crippen molar-refractivity contribution in [3.8, 4) is 0 Å². The van der Waals surface area contributed by atoms with Crippen LogP contribution in [0.15, 0.2) is 48.5 Å². The zero-order valence-electron chi connectivity index (χ0n) is 59.8. The molecule has 6 aromatic rings. The van der Waals surface area contributed by atoms with Crippen molar-refractivity contribution in [1.82, 2.24) is 49.7 Å². The number of aromatic amines is 4. The number of rotatable bonds is 20. The van der Waals surface area contributed by atoms with Crippen LogP contribution in [0.5, 0.6) is 0 Å². The van der Waals surface area contributed by atoms with Gasteiger partial charge >= 0.3 is 21.1 Å². The maximum atomic E-state index is 11.4. The van der Waals surface area contributed by atoms with Crippen LogP contribution in [0.2, 0.25) is 0 Å². The summed E-state index contributed by atoms with van der Waals surface area (Å²) in [5, 5.41) is 45.7. The van der Waals surface area contributed by atoms with Crippen LogP contribution in [-0.4, -0.2) is 127 Å². The number of hydrogen-bond donors (Lipinski definition) is 6. The third-order valence-electron chi connectivity index (χ3n) is 18.3. The van der Waals surface area contributed by atoms with E-state index in [4.69, 9.17) is 31.4 Å². The van der Waals surface area contributed by atoms with Crippen molar-refractivity contribution in [2.45, 2.75) is 160 Å². The van der Waals surface area contributed by atoms with Gasteiger partial charge in [-0.2, -0.15) is 0 Å². The molecule has 6 aromatic heterocycles. The molecule has 22 nitrogen and oxygen atoms in total. The molecule has 526 valence electrons. The number of fused-ring (bicyclic) bond motifs is 16. The van der Waals surface area contributed by atoms with E-state index in [2.05, 4.69) is 87.5 Å². The van der Waals surface area contributed by atoms with Crippen molar-refractivity contribution >= 4 is 124 Å². The van der Waals surface area contributed by atoms with E-state index in [1.54, 1.807) is 38.0 Å². The summed E-state index contributed by atoms with van der Waals surface area (Å²) in [5.74, 6) is -5.08. The first-order valence-corrected chi connectivity index (χ1v) is 33.2. The maximum absolute atomic E-state index is 11.4. The molecule has 4 aliphatic heterocycles. The van der Waals surface area contributed by atoms with Crippen LogP contribution in [0, 0.1) is 27.7 Å². The number of allylic oxidation sites excluding steroid dienone is 8. The largest absolute Gasteiger partial charge is 4.00 e. The summed E-state index contributed by atoms with van der Waals surface area (Å²) in [7, 11) is 7.19. The van der Waals surface area contributed by atoms with Gasteiger partial charge in [0.05, 0.1) is 58.6 Å². The fourth-order valence-electron chi connectivity index (χ4n) is 13.0. The van der Waals surface area contributed by atoms with Gasteiger partial charge in [-0.25, -0.2) is 19.9 Å². The Labute approximate surface area is 592 Å². The molecule has 99 heavy (non-hydrogen) atoms. The van der Waals surface area contributed by atoms with Crippen molar-refractivity contribution in [3.63, 3.8) is 0 Å². The Morgan fingerprint density at radius 1 is 0.343 bits per heavy atom. The maximum Gasteiger partial charge on any atom is 4.00 e. The van der Waals surface area contributed by atoms with Gasteiger partial charge in [-0.1, -0.05) is 27.7 Å². The van der Waals surface area contributed by atoms with E-state index >= 15 is 0 Å². The number of amides is 2. The van der Waals surface area contributed by atoms with Gasteiger partial charge in [0, 0.05) is 68.0 Å². The Kier molecular flexibility index (Phi) is 27.3. The molecule has 0 saturated carbocycles. The molecule has 10 rings (SSSR count). The van der Waals surface area contributed by atoms with Crippen LogP contribution in [0.3, 0.4) is 0 Å². The first kappa shape index (κ1) is 78.6. The Hall–Kier alpha value is -9.37. The number of nitrogens with two attached hydrogens (primary N) is 2. The number of primary amides is 2. The number of carboxylic acids is 4. The molecule has 23 heteroatoms. The molecule has 0 unspecified atom stereocenters. The summed E-state index contributed by atoms with van der Waals surface area (Å²) < 4.78 is 0. The summed E-state index contributed by atoms with van der Waals surface area (Å²) in [5.41, 5.74) is 39.5. The summed E-state index contributed by atoms with van der Waals surface area (Å²) >= 11 is 0. The number of likely N-dealkylation sites (N-methyl/N-ethyl adjacent to an activating group) is 2. The molecule has 2 amide bonds. The number of carboxylic acid groups (broad SMARTS) is 4. The number of H-pyrrole nitrogens is 4. The normalized spacial score (nSPS) is 12.6. The van der Waals surface area contributed by atoms with Crippen LogP contribution in [0.25, 0.3) is 88.7 Å². The van der Waals surface area contributed by atoms with Crippen molar-refractivity contribution in [3.05, 3.63) is 139 Å². The van der Waals surface area contributed by atoms with E-state index in [9.17, 15) is 49.2 Å². The van der Waals surface area contributed by atoms with Crippen molar-refractivity contribution < 1.29 is 70.3 Å². The average molecular weight is 1530 g/mol. The molecule has 0 radical (unpaired) electrons. The Morgan fingerprint density at radius 3 is 0.727 bits per heavy atom. The number of carbonyl (C=O) groups excluding carboxylic acids is 6. The molecule has 0 aliphatic carbocycles.